The molecule has 104 valence electrons. The van der Waals surface area contributed by atoms with Crippen molar-refractivity contribution in [1.82, 2.24) is 0 Å². The molecule has 1 nitrogen and oxygen atoms in total. The summed E-state index contributed by atoms with van der Waals surface area (Å²) in [5.41, 5.74) is 13.1. The number of aryl methyl sites for hydroxylation is 3. The fraction of sp³-hybridized carbons (Fsp3) is 0.333. The Morgan fingerprint density at radius 1 is 0.950 bits per heavy atom. The molecule has 2 aromatic carbocycles. The van der Waals surface area contributed by atoms with E-state index in [9.17, 15) is 0 Å². The molecule has 2 aromatic rings. The number of benzene rings is 2. The highest BCUT2D eigenvalue weighted by Gasteiger charge is 2.14. The van der Waals surface area contributed by atoms with E-state index >= 15 is 0 Å². The summed E-state index contributed by atoms with van der Waals surface area (Å²) >= 11 is 3.54. The van der Waals surface area contributed by atoms with Crippen LogP contribution in [0.2, 0.25) is 0 Å². The first-order valence-corrected chi connectivity index (χ1v) is 8.08. The van der Waals surface area contributed by atoms with Crippen LogP contribution in [-0.2, 0) is 12.8 Å². The molecule has 0 aliphatic heterocycles. The summed E-state index contributed by atoms with van der Waals surface area (Å²) in [5, 5.41) is 0. The zero-order valence-electron chi connectivity index (χ0n) is 11.8. The van der Waals surface area contributed by atoms with E-state index in [-0.39, 0.29) is 6.04 Å². The molecule has 0 saturated heterocycles. The number of halogens is 1. The van der Waals surface area contributed by atoms with Gasteiger partial charge in [0.2, 0.25) is 0 Å². The molecule has 0 radical (unpaired) electrons. The Morgan fingerprint density at radius 2 is 1.60 bits per heavy atom. The number of nitrogens with two attached hydrogens (primary N) is 1. The Kier molecular flexibility index (Phi) is 3.95. The van der Waals surface area contributed by atoms with Crippen molar-refractivity contribution in [3.05, 3.63) is 68.7 Å². The van der Waals surface area contributed by atoms with Crippen LogP contribution in [0.4, 0.5) is 0 Å². The summed E-state index contributed by atoms with van der Waals surface area (Å²) in [5.74, 6) is 0. The zero-order valence-corrected chi connectivity index (χ0v) is 13.4. The second kappa shape index (κ2) is 5.71. The summed E-state index contributed by atoms with van der Waals surface area (Å²) in [6.07, 6.45) is 5.06. The average Bonchev–Trinajstić information content (AvgIpc) is 2.49. The van der Waals surface area contributed by atoms with Crippen LogP contribution >= 0.6 is 15.9 Å². The van der Waals surface area contributed by atoms with Crippen LogP contribution in [0, 0.1) is 6.92 Å². The molecule has 1 unspecified atom stereocenters. The maximum atomic E-state index is 6.45. The molecule has 0 amide bonds. The normalized spacial score (nSPS) is 15.8. The van der Waals surface area contributed by atoms with Crippen molar-refractivity contribution in [1.29, 1.82) is 0 Å². The van der Waals surface area contributed by atoms with Gasteiger partial charge in [0.15, 0.2) is 0 Å². The lowest BCUT2D eigenvalue weighted by Gasteiger charge is -2.20. The van der Waals surface area contributed by atoms with Crippen molar-refractivity contribution >= 4 is 15.9 Å². The molecule has 2 heteroatoms. The van der Waals surface area contributed by atoms with Gasteiger partial charge in [-0.2, -0.15) is 0 Å². The monoisotopic (exact) mass is 329 g/mol. The maximum absolute atomic E-state index is 6.45. The third kappa shape index (κ3) is 2.68. The van der Waals surface area contributed by atoms with Crippen molar-refractivity contribution < 1.29 is 0 Å². The van der Waals surface area contributed by atoms with Crippen molar-refractivity contribution in [3.8, 4) is 0 Å². The van der Waals surface area contributed by atoms with E-state index < -0.39 is 0 Å². The van der Waals surface area contributed by atoms with Gasteiger partial charge in [0.25, 0.3) is 0 Å². The Balaban J connectivity index is 1.93. The summed E-state index contributed by atoms with van der Waals surface area (Å²) in [7, 11) is 0. The highest BCUT2D eigenvalue weighted by molar-refractivity contribution is 9.10. The topological polar surface area (TPSA) is 26.0 Å². The summed E-state index contributed by atoms with van der Waals surface area (Å²) in [6.45, 7) is 2.10. The van der Waals surface area contributed by atoms with Gasteiger partial charge < -0.3 is 5.73 Å². The number of hydrogen-bond donors (Lipinski definition) is 1. The Labute approximate surface area is 129 Å². The van der Waals surface area contributed by atoms with Crippen LogP contribution in [0.3, 0.4) is 0 Å². The lowest BCUT2D eigenvalue weighted by atomic mass is 9.88. The number of hydrogen-bond acceptors (Lipinski definition) is 1. The van der Waals surface area contributed by atoms with Gasteiger partial charge in [0, 0.05) is 4.47 Å². The van der Waals surface area contributed by atoms with Gasteiger partial charge in [0.1, 0.15) is 0 Å². The number of rotatable bonds is 2. The summed E-state index contributed by atoms with van der Waals surface area (Å²) in [4.78, 5) is 0. The molecule has 20 heavy (non-hydrogen) atoms. The van der Waals surface area contributed by atoms with Crippen LogP contribution in [-0.4, -0.2) is 0 Å². The first-order valence-electron chi connectivity index (χ1n) is 7.28. The fourth-order valence-corrected chi connectivity index (χ4v) is 3.25. The SMILES string of the molecule is Cc1cc(C(N)c2ccc3c(c2)CCCC3)ccc1Br. The van der Waals surface area contributed by atoms with Crippen LogP contribution < -0.4 is 5.73 Å². The van der Waals surface area contributed by atoms with Crippen molar-refractivity contribution in [2.24, 2.45) is 5.73 Å². The van der Waals surface area contributed by atoms with Gasteiger partial charge >= 0.3 is 0 Å². The van der Waals surface area contributed by atoms with Crippen LogP contribution in [0.5, 0.6) is 0 Å². The quantitative estimate of drug-likeness (QED) is 0.850. The van der Waals surface area contributed by atoms with E-state index in [1.165, 1.54) is 53.5 Å². The third-order valence-corrected chi connectivity index (χ3v) is 5.16. The minimum Gasteiger partial charge on any atom is -0.320 e. The third-order valence-electron chi connectivity index (χ3n) is 4.27. The van der Waals surface area contributed by atoms with Crippen LogP contribution in [0.25, 0.3) is 0 Å². The molecule has 1 aliphatic carbocycles. The number of fused-ring (bicyclic) bond motifs is 1. The standard InChI is InChI=1S/C18H20BrN/c1-12-10-15(8-9-17(12)19)18(20)16-7-6-13-4-2-3-5-14(13)11-16/h6-11,18H,2-5,20H2,1H3. The molecule has 2 N–H and O–H groups in total. The molecule has 3 rings (SSSR count). The lowest BCUT2D eigenvalue weighted by molar-refractivity contribution is 0.682. The molecule has 0 aromatic heterocycles. The predicted molar refractivity (Wildman–Crippen MR) is 88.0 cm³/mol. The molecule has 0 saturated carbocycles. The second-order valence-electron chi connectivity index (χ2n) is 5.72. The second-order valence-corrected chi connectivity index (χ2v) is 6.58. The first-order chi connectivity index (χ1) is 9.65. The van der Waals surface area contributed by atoms with Gasteiger partial charge in [-0.1, -0.05) is 46.3 Å². The minimum absolute atomic E-state index is 0.0333. The van der Waals surface area contributed by atoms with Crippen molar-refractivity contribution in [2.75, 3.05) is 0 Å². The molecule has 0 bridgehead atoms. The fourth-order valence-electron chi connectivity index (χ4n) is 3.00. The van der Waals surface area contributed by atoms with Gasteiger partial charge in [-0.3, -0.25) is 0 Å². The average molecular weight is 330 g/mol. The van der Waals surface area contributed by atoms with Crippen LogP contribution in [0.1, 0.15) is 46.7 Å². The summed E-state index contributed by atoms with van der Waals surface area (Å²) in [6, 6.07) is 13.1. The van der Waals surface area contributed by atoms with Gasteiger partial charge in [-0.15, -0.1) is 0 Å². The van der Waals surface area contributed by atoms with Gasteiger partial charge in [0.05, 0.1) is 6.04 Å². The predicted octanol–water partition coefficient (Wildman–Crippen LogP) is 4.68. The highest BCUT2D eigenvalue weighted by atomic mass is 79.9. The van der Waals surface area contributed by atoms with E-state index in [2.05, 4.69) is 59.3 Å². The van der Waals surface area contributed by atoms with E-state index in [4.69, 9.17) is 5.73 Å². The molecule has 0 spiro atoms. The first kappa shape index (κ1) is 13.8. The smallest absolute Gasteiger partial charge is 0.0551 e. The molecular weight excluding hydrogens is 310 g/mol. The summed E-state index contributed by atoms with van der Waals surface area (Å²) < 4.78 is 1.14. The lowest BCUT2D eigenvalue weighted by Crippen LogP contribution is -2.13. The maximum Gasteiger partial charge on any atom is 0.0551 e. The Hall–Kier alpha value is -1.12. The molecule has 1 aliphatic rings. The van der Waals surface area contributed by atoms with E-state index in [0.29, 0.717) is 0 Å². The van der Waals surface area contributed by atoms with Crippen molar-refractivity contribution in [3.63, 3.8) is 0 Å². The van der Waals surface area contributed by atoms with E-state index in [1.54, 1.807) is 0 Å². The van der Waals surface area contributed by atoms with Crippen molar-refractivity contribution in [2.45, 2.75) is 38.6 Å². The van der Waals surface area contributed by atoms with Crippen LogP contribution in [0.15, 0.2) is 40.9 Å². The highest BCUT2D eigenvalue weighted by Crippen LogP contribution is 2.28. The van der Waals surface area contributed by atoms with E-state index in [0.717, 1.165) is 4.47 Å². The zero-order chi connectivity index (χ0) is 14.1. The molecule has 0 fully saturated rings. The van der Waals surface area contributed by atoms with Gasteiger partial charge in [-0.05, 0) is 66.5 Å². The Bertz CT molecular complexity index is 633. The Morgan fingerprint density at radius 3 is 2.35 bits per heavy atom. The van der Waals surface area contributed by atoms with Gasteiger partial charge in [-0.25, -0.2) is 0 Å². The van der Waals surface area contributed by atoms with E-state index in [1.807, 2.05) is 0 Å². The largest absolute Gasteiger partial charge is 0.320 e. The molecule has 0 heterocycles. The molecular formula is C18H20BrN. The molecule has 1 atom stereocenters. The minimum atomic E-state index is -0.0333.